The van der Waals surface area contributed by atoms with Crippen molar-refractivity contribution in [3.8, 4) is 17.2 Å². The molecular formula is C25H25N3O4. The zero-order valence-electron chi connectivity index (χ0n) is 18.3. The van der Waals surface area contributed by atoms with Crippen LogP contribution in [-0.2, 0) is 10.2 Å². The van der Waals surface area contributed by atoms with Gasteiger partial charge in [0.1, 0.15) is 11.6 Å². The van der Waals surface area contributed by atoms with Crippen LogP contribution in [0.25, 0.3) is 0 Å². The van der Waals surface area contributed by atoms with E-state index >= 15 is 0 Å². The molecule has 164 valence electrons. The first kappa shape index (κ1) is 20.2. The monoisotopic (exact) mass is 431 g/mol. The standard InChI is InChI=1S/C25H25N3O4/c1-16-18(28(2)19-6-4-5-7-20(19)30-3)9-11-23(26-16)27-24(29)25(12-13-25)17-8-10-21-22(14-17)32-15-31-21/h4-11,14H,12-13,15H2,1-3H3,(H,26,27,29). The minimum Gasteiger partial charge on any atom is -0.495 e. The second-order valence-electron chi connectivity index (χ2n) is 8.14. The first-order chi connectivity index (χ1) is 15.5. The molecule has 0 saturated heterocycles. The number of anilines is 3. The number of carbonyl (C=O) groups is 1. The van der Waals surface area contributed by atoms with Crippen LogP contribution in [0.5, 0.6) is 17.2 Å². The summed E-state index contributed by atoms with van der Waals surface area (Å²) in [6.07, 6.45) is 1.60. The molecule has 5 rings (SSSR count). The number of aryl methyl sites for hydroxylation is 1. The number of nitrogens with zero attached hydrogens (tertiary/aromatic N) is 2. The third-order valence-electron chi connectivity index (χ3n) is 6.22. The summed E-state index contributed by atoms with van der Waals surface area (Å²) in [5.74, 6) is 2.69. The van der Waals surface area contributed by atoms with Crippen LogP contribution in [-0.4, -0.2) is 31.8 Å². The van der Waals surface area contributed by atoms with Gasteiger partial charge < -0.3 is 24.4 Å². The van der Waals surface area contributed by atoms with Crippen molar-refractivity contribution in [2.75, 3.05) is 31.2 Å². The van der Waals surface area contributed by atoms with Gasteiger partial charge in [-0.3, -0.25) is 4.79 Å². The molecule has 1 saturated carbocycles. The number of benzene rings is 2. The van der Waals surface area contributed by atoms with Crippen LogP contribution >= 0.6 is 0 Å². The average Bonchev–Trinajstić information content (AvgIpc) is 3.49. The number of amides is 1. The number of fused-ring (bicyclic) bond motifs is 1. The first-order valence-electron chi connectivity index (χ1n) is 10.6. The van der Waals surface area contributed by atoms with Crippen molar-refractivity contribution in [2.45, 2.75) is 25.2 Å². The lowest BCUT2D eigenvalue weighted by atomic mass is 9.94. The summed E-state index contributed by atoms with van der Waals surface area (Å²) >= 11 is 0. The van der Waals surface area contributed by atoms with Crippen molar-refractivity contribution in [1.82, 2.24) is 4.98 Å². The molecule has 3 aromatic rings. The lowest BCUT2D eigenvalue weighted by Crippen LogP contribution is -2.28. The number of para-hydroxylation sites is 2. The Hall–Kier alpha value is -3.74. The molecule has 0 spiro atoms. The number of nitrogens with one attached hydrogen (secondary N) is 1. The molecule has 32 heavy (non-hydrogen) atoms. The van der Waals surface area contributed by atoms with Gasteiger partial charge in [-0.1, -0.05) is 18.2 Å². The van der Waals surface area contributed by atoms with Gasteiger partial charge >= 0.3 is 0 Å². The fourth-order valence-corrected chi connectivity index (χ4v) is 4.22. The summed E-state index contributed by atoms with van der Waals surface area (Å²) in [5.41, 5.74) is 3.09. The summed E-state index contributed by atoms with van der Waals surface area (Å²) in [6.45, 7) is 2.15. The maximum absolute atomic E-state index is 13.2. The molecule has 1 aliphatic carbocycles. The maximum atomic E-state index is 13.2. The molecule has 2 aromatic carbocycles. The SMILES string of the molecule is COc1ccccc1N(C)c1ccc(NC(=O)C2(c3ccc4c(c3)OCO4)CC2)nc1C. The number of hydrogen-bond donors (Lipinski definition) is 1. The van der Waals surface area contributed by atoms with E-state index in [4.69, 9.17) is 14.2 Å². The van der Waals surface area contributed by atoms with Gasteiger partial charge in [-0.15, -0.1) is 0 Å². The number of pyridine rings is 1. The zero-order valence-corrected chi connectivity index (χ0v) is 18.3. The summed E-state index contributed by atoms with van der Waals surface area (Å²) in [7, 11) is 3.63. The van der Waals surface area contributed by atoms with Crippen molar-refractivity contribution < 1.29 is 19.0 Å². The fraction of sp³-hybridized carbons (Fsp3) is 0.280. The Morgan fingerprint density at radius 3 is 2.59 bits per heavy atom. The molecule has 1 aliphatic heterocycles. The van der Waals surface area contributed by atoms with Crippen LogP contribution in [0.4, 0.5) is 17.2 Å². The van der Waals surface area contributed by atoms with Crippen LogP contribution < -0.4 is 24.4 Å². The van der Waals surface area contributed by atoms with Crippen LogP contribution in [0, 0.1) is 6.92 Å². The number of methoxy groups -OCH3 is 1. The Bertz CT molecular complexity index is 1190. The van der Waals surface area contributed by atoms with E-state index in [0.717, 1.165) is 47.0 Å². The highest BCUT2D eigenvalue weighted by Crippen LogP contribution is 2.51. The molecule has 0 radical (unpaired) electrons. The summed E-state index contributed by atoms with van der Waals surface area (Å²) in [6, 6.07) is 17.4. The quantitative estimate of drug-likeness (QED) is 0.617. The van der Waals surface area contributed by atoms with E-state index in [1.807, 2.05) is 73.5 Å². The minimum absolute atomic E-state index is 0.0471. The Kier molecular flexibility index (Phi) is 4.89. The summed E-state index contributed by atoms with van der Waals surface area (Å²) in [4.78, 5) is 19.9. The van der Waals surface area contributed by atoms with Gasteiger partial charge in [0.25, 0.3) is 0 Å². The number of carbonyl (C=O) groups excluding carboxylic acids is 1. The van der Waals surface area contributed by atoms with Gasteiger partial charge in [-0.25, -0.2) is 4.98 Å². The van der Waals surface area contributed by atoms with Gasteiger partial charge in [0.2, 0.25) is 12.7 Å². The third-order valence-corrected chi connectivity index (χ3v) is 6.22. The molecule has 0 bridgehead atoms. The van der Waals surface area contributed by atoms with Crippen molar-refractivity contribution in [1.29, 1.82) is 0 Å². The van der Waals surface area contributed by atoms with E-state index in [0.29, 0.717) is 11.6 Å². The molecule has 7 heteroatoms. The summed E-state index contributed by atoms with van der Waals surface area (Å²) in [5, 5.41) is 3.01. The lowest BCUT2D eigenvalue weighted by molar-refractivity contribution is -0.118. The second-order valence-corrected chi connectivity index (χ2v) is 8.14. The Balaban J connectivity index is 1.35. The van der Waals surface area contributed by atoms with Crippen LogP contribution in [0.15, 0.2) is 54.6 Å². The number of ether oxygens (including phenoxy) is 3. The first-order valence-corrected chi connectivity index (χ1v) is 10.6. The molecule has 2 heterocycles. The molecule has 0 atom stereocenters. The van der Waals surface area contributed by atoms with Gasteiger partial charge in [-0.2, -0.15) is 0 Å². The van der Waals surface area contributed by atoms with Crippen molar-refractivity contribution in [3.63, 3.8) is 0 Å². The molecule has 2 aliphatic rings. The molecule has 1 N–H and O–H groups in total. The minimum atomic E-state index is -0.538. The summed E-state index contributed by atoms with van der Waals surface area (Å²) < 4.78 is 16.4. The number of hydrogen-bond acceptors (Lipinski definition) is 6. The molecule has 0 unspecified atom stereocenters. The third kappa shape index (κ3) is 3.39. The van der Waals surface area contributed by atoms with E-state index in [9.17, 15) is 4.79 Å². The van der Waals surface area contributed by atoms with Gasteiger partial charge in [0.05, 0.1) is 29.6 Å². The normalized spacial score (nSPS) is 15.2. The van der Waals surface area contributed by atoms with Crippen LogP contribution in [0.2, 0.25) is 0 Å². The largest absolute Gasteiger partial charge is 0.495 e. The molecule has 1 aromatic heterocycles. The zero-order chi connectivity index (χ0) is 22.3. The van der Waals surface area contributed by atoms with E-state index in [-0.39, 0.29) is 12.7 Å². The lowest BCUT2D eigenvalue weighted by Gasteiger charge is -2.23. The Labute approximate surface area is 186 Å². The van der Waals surface area contributed by atoms with E-state index < -0.39 is 5.41 Å². The van der Waals surface area contributed by atoms with E-state index in [2.05, 4.69) is 10.3 Å². The molecule has 1 amide bonds. The van der Waals surface area contributed by atoms with Crippen molar-refractivity contribution in [2.24, 2.45) is 0 Å². The number of aromatic nitrogens is 1. The van der Waals surface area contributed by atoms with E-state index in [1.165, 1.54) is 0 Å². The predicted octanol–water partition coefficient (Wildman–Crippen LogP) is 4.57. The molecular weight excluding hydrogens is 406 g/mol. The number of rotatable bonds is 6. The second kappa shape index (κ2) is 7.75. The highest BCUT2D eigenvalue weighted by Gasteiger charge is 2.51. The smallest absolute Gasteiger partial charge is 0.236 e. The Morgan fingerprint density at radius 1 is 1.06 bits per heavy atom. The molecule has 7 nitrogen and oxygen atoms in total. The highest BCUT2D eigenvalue weighted by molar-refractivity contribution is 6.01. The Morgan fingerprint density at radius 2 is 1.84 bits per heavy atom. The predicted molar refractivity (Wildman–Crippen MR) is 122 cm³/mol. The highest BCUT2D eigenvalue weighted by atomic mass is 16.7. The average molecular weight is 431 g/mol. The van der Waals surface area contributed by atoms with Crippen molar-refractivity contribution >= 4 is 23.1 Å². The van der Waals surface area contributed by atoms with Gasteiger partial charge in [0, 0.05) is 7.05 Å². The van der Waals surface area contributed by atoms with Gasteiger partial charge in [-0.05, 0) is 61.7 Å². The van der Waals surface area contributed by atoms with E-state index in [1.54, 1.807) is 7.11 Å². The maximum Gasteiger partial charge on any atom is 0.236 e. The topological polar surface area (TPSA) is 72.9 Å². The van der Waals surface area contributed by atoms with Crippen LogP contribution in [0.3, 0.4) is 0 Å². The van der Waals surface area contributed by atoms with Gasteiger partial charge in [0.15, 0.2) is 11.5 Å². The fourth-order valence-electron chi connectivity index (χ4n) is 4.22. The van der Waals surface area contributed by atoms with Crippen LogP contribution in [0.1, 0.15) is 24.1 Å². The molecule has 1 fully saturated rings. The van der Waals surface area contributed by atoms with Crippen molar-refractivity contribution in [3.05, 3.63) is 65.9 Å².